The number of methoxy groups -OCH3 is 1. The van der Waals surface area contributed by atoms with E-state index in [0.717, 1.165) is 45.4 Å². The van der Waals surface area contributed by atoms with E-state index in [-0.39, 0.29) is 12.0 Å². The van der Waals surface area contributed by atoms with Gasteiger partial charge in [0.2, 0.25) is 5.88 Å². The number of carbonyl (C=O) groups excluding carboxylic acids is 1. The van der Waals surface area contributed by atoms with Crippen molar-refractivity contribution in [1.29, 1.82) is 0 Å². The van der Waals surface area contributed by atoms with E-state index in [2.05, 4.69) is 11.9 Å². The van der Waals surface area contributed by atoms with Gasteiger partial charge in [0.25, 0.3) is 5.91 Å². The lowest BCUT2D eigenvalue weighted by molar-refractivity contribution is 0.0432. The SMILES string of the molecule is CCCO[C@H]1CCCN(C(=O)c2cccnc2OC)CC1. The number of pyridine rings is 1. The molecule has 0 spiro atoms. The van der Waals surface area contributed by atoms with Gasteiger partial charge >= 0.3 is 0 Å². The van der Waals surface area contributed by atoms with Crippen LogP contribution in [0.15, 0.2) is 18.3 Å². The Hall–Kier alpha value is -1.62. The fourth-order valence-corrected chi connectivity index (χ4v) is 2.61. The van der Waals surface area contributed by atoms with Crippen molar-refractivity contribution in [1.82, 2.24) is 9.88 Å². The summed E-state index contributed by atoms with van der Waals surface area (Å²) in [6.07, 6.45) is 5.84. The summed E-state index contributed by atoms with van der Waals surface area (Å²) in [5.41, 5.74) is 0.535. The number of hydrogen-bond acceptors (Lipinski definition) is 4. The minimum atomic E-state index is -0.00362. The van der Waals surface area contributed by atoms with Gasteiger partial charge in [-0.25, -0.2) is 4.98 Å². The first kappa shape index (κ1) is 15.8. The third kappa shape index (κ3) is 4.17. The zero-order valence-corrected chi connectivity index (χ0v) is 12.9. The zero-order chi connectivity index (χ0) is 15.1. The quantitative estimate of drug-likeness (QED) is 0.836. The third-order valence-electron chi connectivity index (χ3n) is 3.71. The number of amides is 1. The first-order valence-electron chi connectivity index (χ1n) is 7.66. The molecular formula is C16H24N2O3. The number of nitrogens with zero attached hydrogens (tertiary/aromatic N) is 2. The largest absolute Gasteiger partial charge is 0.480 e. The van der Waals surface area contributed by atoms with Crippen LogP contribution in [-0.2, 0) is 4.74 Å². The molecule has 5 nitrogen and oxygen atoms in total. The summed E-state index contributed by atoms with van der Waals surface area (Å²) in [7, 11) is 1.54. The van der Waals surface area contributed by atoms with Crippen LogP contribution in [-0.4, -0.2) is 48.7 Å². The molecule has 1 aromatic heterocycles. The molecule has 1 aliphatic heterocycles. The number of rotatable bonds is 5. The minimum absolute atomic E-state index is 0.00362. The van der Waals surface area contributed by atoms with E-state index in [1.165, 1.54) is 7.11 Å². The standard InChI is InChI=1S/C16H24N2O3/c1-3-12-21-13-6-5-10-18(11-8-13)16(19)14-7-4-9-17-15(14)20-2/h4,7,9,13H,3,5-6,8,10-12H2,1-2H3/t13-/m0/s1. The average molecular weight is 292 g/mol. The molecular weight excluding hydrogens is 268 g/mol. The molecule has 1 aliphatic rings. The van der Waals surface area contributed by atoms with Crippen molar-refractivity contribution in [3.63, 3.8) is 0 Å². The highest BCUT2D eigenvalue weighted by atomic mass is 16.5. The van der Waals surface area contributed by atoms with Gasteiger partial charge in [-0.05, 0) is 37.8 Å². The smallest absolute Gasteiger partial charge is 0.259 e. The van der Waals surface area contributed by atoms with E-state index >= 15 is 0 Å². The lowest BCUT2D eigenvalue weighted by atomic mass is 10.1. The van der Waals surface area contributed by atoms with Crippen molar-refractivity contribution in [3.8, 4) is 5.88 Å². The molecule has 0 radical (unpaired) electrons. The van der Waals surface area contributed by atoms with Crippen LogP contribution in [0, 0.1) is 0 Å². The fourth-order valence-electron chi connectivity index (χ4n) is 2.61. The Morgan fingerprint density at radius 1 is 1.43 bits per heavy atom. The summed E-state index contributed by atoms with van der Waals surface area (Å²) >= 11 is 0. The Balaban J connectivity index is 2.00. The summed E-state index contributed by atoms with van der Waals surface area (Å²) in [5, 5.41) is 0. The van der Waals surface area contributed by atoms with Crippen LogP contribution in [0.25, 0.3) is 0 Å². The Bertz CT molecular complexity index is 465. The lowest BCUT2D eigenvalue weighted by Crippen LogP contribution is -2.32. The van der Waals surface area contributed by atoms with E-state index in [9.17, 15) is 4.79 Å². The second-order valence-corrected chi connectivity index (χ2v) is 5.28. The van der Waals surface area contributed by atoms with Crippen LogP contribution in [0.2, 0.25) is 0 Å². The van der Waals surface area contributed by atoms with E-state index in [4.69, 9.17) is 9.47 Å². The zero-order valence-electron chi connectivity index (χ0n) is 12.9. The Kier molecular flexibility index (Phi) is 5.99. The van der Waals surface area contributed by atoms with Crippen LogP contribution in [0.3, 0.4) is 0 Å². The van der Waals surface area contributed by atoms with Crippen LogP contribution >= 0.6 is 0 Å². The number of aromatic nitrogens is 1. The summed E-state index contributed by atoms with van der Waals surface area (Å²) in [6, 6.07) is 3.53. The van der Waals surface area contributed by atoms with Crippen molar-refractivity contribution in [2.45, 2.75) is 38.7 Å². The molecule has 5 heteroatoms. The van der Waals surface area contributed by atoms with Gasteiger partial charge in [0.05, 0.1) is 13.2 Å². The average Bonchev–Trinajstić information content (AvgIpc) is 2.77. The summed E-state index contributed by atoms with van der Waals surface area (Å²) in [4.78, 5) is 18.6. The Morgan fingerprint density at radius 2 is 2.29 bits per heavy atom. The molecule has 0 unspecified atom stereocenters. The molecule has 116 valence electrons. The summed E-state index contributed by atoms with van der Waals surface area (Å²) in [5.74, 6) is 0.390. The predicted molar refractivity (Wildman–Crippen MR) is 80.6 cm³/mol. The van der Waals surface area contributed by atoms with Gasteiger partial charge in [-0.15, -0.1) is 0 Å². The molecule has 0 N–H and O–H groups in total. The molecule has 1 aromatic rings. The maximum absolute atomic E-state index is 12.6. The minimum Gasteiger partial charge on any atom is -0.480 e. The second kappa shape index (κ2) is 7.98. The van der Waals surface area contributed by atoms with E-state index in [0.29, 0.717) is 11.4 Å². The highest BCUT2D eigenvalue weighted by Crippen LogP contribution is 2.20. The molecule has 1 amide bonds. The van der Waals surface area contributed by atoms with Gasteiger partial charge < -0.3 is 14.4 Å². The number of likely N-dealkylation sites (tertiary alicyclic amines) is 1. The third-order valence-corrected chi connectivity index (χ3v) is 3.71. The van der Waals surface area contributed by atoms with Gasteiger partial charge in [0.15, 0.2) is 0 Å². The van der Waals surface area contributed by atoms with Gasteiger partial charge in [-0.2, -0.15) is 0 Å². The van der Waals surface area contributed by atoms with Crippen molar-refractivity contribution < 1.29 is 14.3 Å². The topological polar surface area (TPSA) is 51.7 Å². The second-order valence-electron chi connectivity index (χ2n) is 5.28. The van der Waals surface area contributed by atoms with Crippen molar-refractivity contribution >= 4 is 5.91 Å². The van der Waals surface area contributed by atoms with Crippen molar-refractivity contribution in [2.24, 2.45) is 0 Å². The van der Waals surface area contributed by atoms with Crippen LogP contribution in [0.1, 0.15) is 43.0 Å². The first-order valence-corrected chi connectivity index (χ1v) is 7.66. The van der Waals surface area contributed by atoms with E-state index < -0.39 is 0 Å². The molecule has 0 bridgehead atoms. The van der Waals surface area contributed by atoms with Crippen LogP contribution in [0.4, 0.5) is 0 Å². The molecule has 2 rings (SSSR count). The van der Waals surface area contributed by atoms with Gasteiger partial charge in [0, 0.05) is 25.9 Å². The Labute approximate surface area is 126 Å². The molecule has 0 saturated carbocycles. The van der Waals surface area contributed by atoms with Crippen LogP contribution in [0.5, 0.6) is 5.88 Å². The summed E-state index contributed by atoms with van der Waals surface area (Å²) < 4.78 is 11.0. The predicted octanol–water partition coefficient (Wildman–Crippen LogP) is 2.51. The fraction of sp³-hybridized carbons (Fsp3) is 0.625. The van der Waals surface area contributed by atoms with E-state index in [1.807, 2.05) is 4.90 Å². The molecule has 0 aliphatic carbocycles. The molecule has 0 aromatic carbocycles. The first-order chi connectivity index (χ1) is 10.3. The lowest BCUT2D eigenvalue weighted by Gasteiger charge is -2.21. The van der Waals surface area contributed by atoms with Gasteiger partial charge in [-0.3, -0.25) is 4.79 Å². The number of carbonyl (C=O) groups is 1. The maximum atomic E-state index is 12.6. The van der Waals surface area contributed by atoms with Gasteiger partial charge in [-0.1, -0.05) is 6.92 Å². The summed E-state index contributed by atoms with van der Waals surface area (Å²) in [6.45, 7) is 4.41. The molecule has 2 heterocycles. The molecule has 1 fully saturated rings. The van der Waals surface area contributed by atoms with Gasteiger partial charge in [0.1, 0.15) is 5.56 Å². The van der Waals surface area contributed by atoms with Crippen LogP contribution < -0.4 is 4.74 Å². The maximum Gasteiger partial charge on any atom is 0.259 e. The molecule has 1 saturated heterocycles. The van der Waals surface area contributed by atoms with E-state index in [1.54, 1.807) is 18.3 Å². The monoisotopic (exact) mass is 292 g/mol. The molecule has 1 atom stereocenters. The highest BCUT2D eigenvalue weighted by Gasteiger charge is 2.24. The normalized spacial score (nSPS) is 19.1. The Morgan fingerprint density at radius 3 is 3.05 bits per heavy atom. The number of hydrogen-bond donors (Lipinski definition) is 0. The number of ether oxygens (including phenoxy) is 2. The van der Waals surface area contributed by atoms with Crippen molar-refractivity contribution in [2.75, 3.05) is 26.8 Å². The van der Waals surface area contributed by atoms with Crippen molar-refractivity contribution in [3.05, 3.63) is 23.9 Å². The molecule has 21 heavy (non-hydrogen) atoms. The highest BCUT2D eigenvalue weighted by molar-refractivity contribution is 5.96.